The average molecular weight is 329 g/mol. The van der Waals surface area contributed by atoms with Crippen molar-refractivity contribution in [1.82, 2.24) is 0 Å². The van der Waals surface area contributed by atoms with Crippen LogP contribution in [-0.4, -0.2) is 15.4 Å². The molecule has 1 heteroatoms. The Bertz CT molecular complexity index is 837. The van der Waals surface area contributed by atoms with Crippen LogP contribution in [0.5, 0.6) is 0 Å². The van der Waals surface area contributed by atoms with Gasteiger partial charge in [-0.05, 0) is 0 Å². The van der Waals surface area contributed by atoms with Crippen LogP contribution < -0.4 is 8.79 Å². The molecule has 4 rings (SSSR count). The molecule has 0 aliphatic carbocycles. The Balaban J connectivity index is 1.87. The fourth-order valence-electron chi connectivity index (χ4n) is 3.10. The molecule has 0 atom stereocenters. The third-order valence-electron chi connectivity index (χ3n) is 4.14. The molecule has 100 valence electrons. The predicted molar refractivity (Wildman–Crippen MR) is 95.7 cm³/mol. The zero-order valence-corrected chi connectivity index (χ0v) is 14.8. The zero-order chi connectivity index (χ0) is 14.1. The van der Waals surface area contributed by atoms with Gasteiger partial charge in [-0.2, -0.15) is 0 Å². The van der Waals surface area contributed by atoms with Crippen LogP contribution >= 0.6 is 0 Å². The van der Waals surface area contributed by atoms with Gasteiger partial charge in [-0.25, -0.2) is 0 Å². The van der Waals surface area contributed by atoms with Crippen molar-refractivity contribution in [1.29, 1.82) is 0 Å². The predicted octanol–water partition coefficient (Wildman–Crippen LogP) is 3.11. The molecule has 0 amide bonds. The molecule has 0 bridgehead atoms. The Hall–Kier alpha value is -2.06. The van der Waals surface area contributed by atoms with Crippen molar-refractivity contribution in [2.45, 2.75) is 0 Å². The van der Waals surface area contributed by atoms with Crippen molar-refractivity contribution in [3.63, 3.8) is 0 Å². The van der Waals surface area contributed by atoms with Gasteiger partial charge in [0.2, 0.25) is 0 Å². The van der Waals surface area contributed by atoms with E-state index in [1.807, 2.05) is 0 Å². The van der Waals surface area contributed by atoms with Gasteiger partial charge in [-0.1, -0.05) is 0 Å². The molecule has 0 aliphatic heterocycles. The summed E-state index contributed by atoms with van der Waals surface area (Å²) in [6.07, 6.45) is 0. The molecule has 0 saturated carbocycles. The molecular weight excluding hydrogens is 313 g/mol. The molecular formula is C20H16Ge. The summed E-state index contributed by atoms with van der Waals surface area (Å²) in [4.78, 5) is 0. The van der Waals surface area contributed by atoms with Crippen LogP contribution in [0.1, 0.15) is 0 Å². The number of hydrogen-bond donors (Lipinski definition) is 0. The van der Waals surface area contributed by atoms with Crippen LogP contribution in [0, 0.1) is 0 Å². The van der Waals surface area contributed by atoms with Gasteiger partial charge in [-0.15, -0.1) is 0 Å². The molecule has 0 unspecified atom stereocenters. The number of hydrogen-bond acceptors (Lipinski definition) is 0. The van der Waals surface area contributed by atoms with Crippen molar-refractivity contribution >= 4 is 45.8 Å². The van der Waals surface area contributed by atoms with E-state index >= 15 is 0 Å². The van der Waals surface area contributed by atoms with Gasteiger partial charge in [0.15, 0.2) is 0 Å². The van der Waals surface area contributed by atoms with E-state index in [0.717, 1.165) is 0 Å². The van der Waals surface area contributed by atoms with Crippen molar-refractivity contribution in [2.24, 2.45) is 0 Å². The van der Waals surface area contributed by atoms with Gasteiger partial charge >= 0.3 is 131 Å². The molecule has 0 saturated heterocycles. The molecule has 0 nitrogen and oxygen atoms in total. The fraction of sp³-hybridized carbons (Fsp3) is 0. The minimum atomic E-state index is -0.986. The molecule has 0 radical (unpaired) electrons. The van der Waals surface area contributed by atoms with Crippen LogP contribution in [0.15, 0.2) is 84.9 Å². The van der Waals surface area contributed by atoms with E-state index < -0.39 is 15.4 Å². The summed E-state index contributed by atoms with van der Waals surface area (Å²) >= 11 is -0.986. The molecule has 21 heavy (non-hydrogen) atoms. The van der Waals surface area contributed by atoms with E-state index in [0.29, 0.717) is 0 Å². The molecule has 0 aliphatic rings. The number of rotatable bonds is 2. The molecule has 0 spiro atoms. The summed E-state index contributed by atoms with van der Waals surface area (Å²) < 4.78 is 3.16. The Labute approximate surface area is 130 Å². The van der Waals surface area contributed by atoms with E-state index in [9.17, 15) is 0 Å². The second-order valence-corrected chi connectivity index (χ2v) is 9.39. The maximum absolute atomic E-state index is 2.32. The third-order valence-corrected chi connectivity index (χ3v) is 8.33. The summed E-state index contributed by atoms with van der Waals surface area (Å²) in [6.45, 7) is 0. The zero-order valence-electron chi connectivity index (χ0n) is 11.8. The quantitative estimate of drug-likeness (QED) is 0.496. The molecule has 0 fully saturated rings. The first-order valence-corrected chi connectivity index (χ1v) is 10.3. The second-order valence-electron chi connectivity index (χ2n) is 5.45. The van der Waals surface area contributed by atoms with Crippen molar-refractivity contribution in [2.75, 3.05) is 0 Å². The fourth-order valence-corrected chi connectivity index (χ4v) is 7.18. The van der Waals surface area contributed by atoms with Crippen molar-refractivity contribution < 1.29 is 0 Å². The van der Waals surface area contributed by atoms with Gasteiger partial charge in [0.1, 0.15) is 0 Å². The van der Waals surface area contributed by atoms with Crippen LogP contribution in [-0.2, 0) is 0 Å². The van der Waals surface area contributed by atoms with Gasteiger partial charge in [0.05, 0.1) is 0 Å². The summed E-state index contributed by atoms with van der Waals surface area (Å²) in [5.41, 5.74) is 0. The standard InChI is InChI=1S/C20H16Ge/c1-3-11-17-15(7-1)9-5-13-19(17)21-20-14-6-10-16-8-2-4-12-18(16)20/h1-14H,21H2. The molecule has 0 heterocycles. The Morgan fingerprint density at radius 2 is 0.857 bits per heavy atom. The first kappa shape index (κ1) is 12.7. The van der Waals surface area contributed by atoms with Crippen LogP contribution in [0.4, 0.5) is 0 Å². The second kappa shape index (κ2) is 5.38. The molecule has 4 aromatic rings. The topological polar surface area (TPSA) is 0 Å². The molecule has 4 aromatic carbocycles. The number of fused-ring (bicyclic) bond motifs is 2. The van der Waals surface area contributed by atoms with Gasteiger partial charge in [-0.3, -0.25) is 0 Å². The van der Waals surface area contributed by atoms with E-state index in [-0.39, 0.29) is 0 Å². The average Bonchev–Trinajstić information content (AvgIpc) is 2.56. The van der Waals surface area contributed by atoms with Crippen molar-refractivity contribution in [3.8, 4) is 0 Å². The maximum atomic E-state index is 2.32. The normalized spacial score (nSPS) is 11.0. The first-order valence-electron chi connectivity index (χ1n) is 7.35. The Morgan fingerprint density at radius 3 is 1.38 bits per heavy atom. The Morgan fingerprint density at radius 1 is 0.429 bits per heavy atom. The molecule has 0 aromatic heterocycles. The van der Waals surface area contributed by atoms with E-state index in [2.05, 4.69) is 84.9 Å². The summed E-state index contributed by atoms with van der Waals surface area (Å²) in [6, 6.07) is 31.0. The van der Waals surface area contributed by atoms with Crippen LogP contribution in [0.25, 0.3) is 21.5 Å². The van der Waals surface area contributed by atoms with E-state index in [1.54, 1.807) is 8.79 Å². The van der Waals surface area contributed by atoms with Crippen LogP contribution in [0.3, 0.4) is 0 Å². The van der Waals surface area contributed by atoms with E-state index in [1.165, 1.54) is 21.5 Å². The Kier molecular flexibility index (Phi) is 3.24. The summed E-state index contributed by atoms with van der Waals surface area (Å²) in [7, 11) is 0. The summed E-state index contributed by atoms with van der Waals surface area (Å²) in [5, 5.41) is 5.60. The third kappa shape index (κ3) is 2.36. The first-order chi connectivity index (χ1) is 10.4. The molecule has 0 N–H and O–H groups in total. The summed E-state index contributed by atoms with van der Waals surface area (Å²) in [5.74, 6) is 0. The number of benzene rings is 4. The van der Waals surface area contributed by atoms with Crippen LogP contribution in [0.2, 0.25) is 0 Å². The minimum absolute atomic E-state index is 0.986. The SMILES string of the molecule is c1ccc2[c]([GeH2][c]3cccc4ccccc34)cccc2c1. The monoisotopic (exact) mass is 330 g/mol. The van der Waals surface area contributed by atoms with Gasteiger partial charge < -0.3 is 0 Å². The van der Waals surface area contributed by atoms with Gasteiger partial charge in [0.25, 0.3) is 0 Å². The van der Waals surface area contributed by atoms with Crippen molar-refractivity contribution in [3.05, 3.63) is 84.9 Å². The van der Waals surface area contributed by atoms with E-state index in [4.69, 9.17) is 0 Å². The van der Waals surface area contributed by atoms with Gasteiger partial charge in [0, 0.05) is 0 Å².